The molecule has 4 atom stereocenters. The van der Waals surface area contributed by atoms with Gasteiger partial charge in [0.2, 0.25) is 5.28 Å². The molecule has 1 aliphatic heterocycles. The fraction of sp³-hybridized carbons (Fsp3) is 0.412. The summed E-state index contributed by atoms with van der Waals surface area (Å²) in [7, 11) is -7.11. The first-order chi connectivity index (χ1) is 16.1. The Hall–Kier alpha value is -1.79. The number of nitrogens with zero attached hydrogens (tertiary/aromatic N) is 5. The van der Waals surface area contributed by atoms with E-state index in [0.717, 1.165) is 5.56 Å². The van der Waals surface area contributed by atoms with Crippen molar-refractivity contribution >= 4 is 55.8 Å². The lowest BCUT2D eigenvalue weighted by Crippen LogP contribution is -2.25. The van der Waals surface area contributed by atoms with Crippen molar-refractivity contribution in [2.24, 2.45) is 0 Å². The fourth-order valence-electron chi connectivity index (χ4n) is 3.30. The summed E-state index contributed by atoms with van der Waals surface area (Å²) in [5, 5.41) is 22.1. The molecule has 0 aliphatic carbocycles. The summed E-state index contributed by atoms with van der Waals surface area (Å²) in [6, 6.07) is 7.30. The van der Waals surface area contributed by atoms with Gasteiger partial charge in [-0.25, -0.2) is 0 Å². The van der Waals surface area contributed by atoms with Crippen molar-refractivity contribution in [1.82, 2.24) is 25.0 Å². The molecule has 3 heterocycles. The van der Waals surface area contributed by atoms with Gasteiger partial charge in [0.15, 0.2) is 23.2 Å². The average molecular weight is 552 g/mol. The number of halogens is 2. The summed E-state index contributed by atoms with van der Waals surface area (Å²) in [5.41, 5.74) is 1.41. The normalized spacial score (nSPS) is 21.2. The van der Waals surface area contributed by atoms with Gasteiger partial charge in [0.05, 0.1) is 6.10 Å². The van der Waals surface area contributed by atoms with Gasteiger partial charge in [-0.15, -0.1) is 9.62 Å². The van der Waals surface area contributed by atoms with Crippen LogP contribution in [0.1, 0.15) is 18.2 Å². The first kappa shape index (κ1) is 25.3. The number of aliphatic hydroxyl groups excluding tert-OH is 1. The van der Waals surface area contributed by atoms with Gasteiger partial charge in [0, 0.05) is 18.0 Å². The molecule has 1 aliphatic rings. The van der Waals surface area contributed by atoms with Gasteiger partial charge in [-0.2, -0.15) is 14.6 Å². The minimum absolute atomic E-state index is 0.0643. The molecule has 1 aromatic carbocycles. The Labute approximate surface area is 203 Å². The maximum absolute atomic E-state index is 11.7. The quantitative estimate of drug-likeness (QED) is 0.225. The van der Waals surface area contributed by atoms with Gasteiger partial charge >= 0.3 is 15.6 Å². The number of aliphatic hydroxyl groups is 1. The SMILES string of the molecule is O=[P+](CP(=O)(O)O)OC[C@H]1O[C@@H](n2nnc3c(NCc4ccccc4Cl)nc(Cl)nc32)C[C@@H]1O. The predicted molar refractivity (Wildman–Crippen MR) is 122 cm³/mol. The molecule has 2 aromatic heterocycles. The lowest BCUT2D eigenvalue weighted by Gasteiger charge is -2.12. The lowest BCUT2D eigenvalue weighted by molar-refractivity contribution is -0.0415. The molecule has 1 unspecified atom stereocenters. The second kappa shape index (κ2) is 10.4. The van der Waals surface area contributed by atoms with Crippen molar-refractivity contribution in [2.45, 2.75) is 31.4 Å². The monoisotopic (exact) mass is 551 g/mol. The van der Waals surface area contributed by atoms with Crippen LogP contribution in [0, 0.1) is 0 Å². The molecule has 13 nitrogen and oxygen atoms in total. The van der Waals surface area contributed by atoms with Crippen LogP contribution in [-0.4, -0.2) is 64.6 Å². The number of hydrogen-bond donors (Lipinski definition) is 4. The van der Waals surface area contributed by atoms with Gasteiger partial charge in [-0.05, 0) is 27.8 Å². The number of hydrogen-bond acceptors (Lipinski definition) is 10. The van der Waals surface area contributed by atoms with Crippen LogP contribution in [0.15, 0.2) is 24.3 Å². The largest absolute Gasteiger partial charge is 0.521 e. The van der Waals surface area contributed by atoms with Crippen LogP contribution in [0.3, 0.4) is 0 Å². The van der Waals surface area contributed by atoms with E-state index in [1.54, 1.807) is 6.07 Å². The first-order valence-corrected chi connectivity index (χ1v) is 13.7. The molecule has 1 saturated heterocycles. The smallest absolute Gasteiger partial charge is 0.390 e. The number of aromatic nitrogens is 5. The second-order valence-electron chi connectivity index (χ2n) is 7.36. The molecule has 3 aromatic rings. The highest BCUT2D eigenvalue weighted by Gasteiger charge is 2.40. The number of nitrogens with one attached hydrogen (secondary N) is 1. The maximum atomic E-state index is 11.7. The molecule has 0 bridgehead atoms. The summed E-state index contributed by atoms with van der Waals surface area (Å²) in [5.74, 6) is -0.587. The summed E-state index contributed by atoms with van der Waals surface area (Å²) in [6.07, 6.45) is -2.63. The molecule has 34 heavy (non-hydrogen) atoms. The van der Waals surface area contributed by atoms with Crippen LogP contribution in [0.25, 0.3) is 11.2 Å². The van der Waals surface area contributed by atoms with Crippen LogP contribution in [0.4, 0.5) is 5.82 Å². The van der Waals surface area contributed by atoms with E-state index in [9.17, 15) is 14.2 Å². The molecular weight excluding hydrogens is 533 g/mol. The van der Waals surface area contributed by atoms with E-state index in [-0.39, 0.29) is 24.0 Å². The van der Waals surface area contributed by atoms with Crippen LogP contribution >= 0.6 is 38.8 Å². The van der Waals surface area contributed by atoms with E-state index >= 15 is 0 Å². The highest BCUT2D eigenvalue weighted by Crippen LogP contribution is 2.45. The van der Waals surface area contributed by atoms with Crippen LogP contribution in [0.2, 0.25) is 10.3 Å². The molecule has 182 valence electrons. The first-order valence-electron chi connectivity index (χ1n) is 9.82. The molecular formula is C17H19Cl2N6O7P2+. The van der Waals surface area contributed by atoms with Gasteiger partial charge in [-0.3, -0.25) is 4.57 Å². The molecule has 0 spiro atoms. The van der Waals surface area contributed by atoms with E-state index in [1.165, 1.54) is 4.68 Å². The number of rotatable bonds is 9. The molecule has 17 heteroatoms. The summed E-state index contributed by atoms with van der Waals surface area (Å²) in [6.45, 7) is 0.0136. The molecule has 4 rings (SSSR count). The lowest BCUT2D eigenvalue weighted by atomic mass is 10.2. The van der Waals surface area contributed by atoms with Gasteiger partial charge in [0.25, 0.3) is 5.90 Å². The zero-order valence-electron chi connectivity index (χ0n) is 17.2. The highest BCUT2D eigenvalue weighted by molar-refractivity contribution is 7.64. The third-order valence-corrected chi connectivity index (χ3v) is 8.23. The molecule has 4 N–H and O–H groups in total. The molecule has 1 fully saturated rings. The Bertz CT molecular complexity index is 1260. The number of benzene rings is 1. The van der Waals surface area contributed by atoms with Crippen molar-refractivity contribution in [3.05, 3.63) is 40.1 Å². The number of fused-ring (bicyclic) bond motifs is 1. The van der Waals surface area contributed by atoms with Crippen molar-refractivity contribution in [1.29, 1.82) is 0 Å². The minimum Gasteiger partial charge on any atom is -0.390 e. The minimum atomic E-state index is -4.49. The summed E-state index contributed by atoms with van der Waals surface area (Å²) in [4.78, 5) is 26.1. The van der Waals surface area contributed by atoms with E-state index < -0.39 is 40.0 Å². The van der Waals surface area contributed by atoms with E-state index in [0.29, 0.717) is 22.9 Å². The molecule has 0 saturated carbocycles. The van der Waals surface area contributed by atoms with E-state index in [1.807, 2.05) is 18.2 Å². The van der Waals surface area contributed by atoms with Crippen molar-refractivity contribution < 1.29 is 33.3 Å². The van der Waals surface area contributed by atoms with E-state index in [4.69, 9.17) is 42.2 Å². The van der Waals surface area contributed by atoms with Crippen LogP contribution in [0.5, 0.6) is 0 Å². The third-order valence-electron chi connectivity index (χ3n) is 4.86. The van der Waals surface area contributed by atoms with Gasteiger partial charge < -0.3 is 24.9 Å². The second-order valence-corrected chi connectivity index (χ2v) is 11.5. The topological polar surface area (TPSA) is 182 Å². The van der Waals surface area contributed by atoms with Crippen LogP contribution in [-0.2, 0) is 24.9 Å². The number of ether oxygens (including phenoxy) is 1. The van der Waals surface area contributed by atoms with Crippen molar-refractivity contribution in [3.8, 4) is 0 Å². The predicted octanol–water partition coefficient (Wildman–Crippen LogP) is 2.68. The molecule has 0 amide bonds. The summed E-state index contributed by atoms with van der Waals surface area (Å²) >= 11 is 12.3. The Balaban J connectivity index is 1.48. The van der Waals surface area contributed by atoms with E-state index in [2.05, 4.69) is 25.6 Å². The van der Waals surface area contributed by atoms with Gasteiger partial charge in [0.1, 0.15) is 12.7 Å². The zero-order valence-corrected chi connectivity index (χ0v) is 20.5. The van der Waals surface area contributed by atoms with Crippen molar-refractivity contribution in [3.63, 3.8) is 0 Å². The Morgan fingerprint density at radius 3 is 2.79 bits per heavy atom. The zero-order chi connectivity index (χ0) is 24.5. The highest BCUT2D eigenvalue weighted by atomic mass is 35.5. The standard InChI is InChI=1S/C17H18Cl2N6O7P2/c18-10-4-2-1-3-9(10)6-20-15-14-16(22-17(19)21-15)25(24-23-14)13-5-11(26)12(32-13)7-31-33(27)8-34(28,29)30/h1-4,11-13,26H,5-8H2,(H2-,20,21,22,28,29,30)/p+1/t11-,12+,13+/m0/s1. The molecule has 0 radical (unpaired) electrons. The maximum Gasteiger partial charge on any atom is 0.521 e. The Morgan fingerprint density at radius 1 is 1.29 bits per heavy atom. The average Bonchev–Trinajstić information content (AvgIpc) is 3.33. The third kappa shape index (κ3) is 6.06. The number of anilines is 1. The Kier molecular flexibility index (Phi) is 7.78. The fourth-order valence-corrected chi connectivity index (χ4v) is 5.51. The van der Waals surface area contributed by atoms with Crippen molar-refractivity contribution in [2.75, 3.05) is 17.8 Å². The van der Waals surface area contributed by atoms with Crippen LogP contribution < -0.4 is 5.32 Å². The van der Waals surface area contributed by atoms with Gasteiger partial charge in [-0.1, -0.05) is 35.0 Å². The Morgan fingerprint density at radius 2 is 2.06 bits per heavy atom. The summed E-state index contributed by atoms with van der Waals surface area (Å²) < 4.78 is 34.7.